The van der Waals surface area contributed by atoms with Crippen LogP contribution in [0.15, 0.2) is 23.2 Å². The van der Waals surface area contributed by atoms with Gasteiger partial charge in [0.05, 0.1) is 6.54 Å². The second-order valence-electron chi connectivity index (χ2n) is 3.84. The molecule has 0 saturated heterocycles. The molecule has 0 atom stereocenters. The van der Waals surface area contributed by atoms with Crippen LogP contribution in [0.3, 0.4) is 0 Å². The van der Waals surface area contributed by atoms with Crippen molar-refractivity contribution in [1.29, 1.82) is 0 Å². The van der Waals surface area contributed by atoms with E-state index >= 15 is 0 Å². The summed E-state index contributed by atoms with van der Waals surface area (Å²) in [5, 5.41) is 6.20. The topological polar surface area (TPSA) is 45.7 Å². The first-order valence-corrected chi connectivity index (χ1v) is 7.58. The van der Waals surface area contributed by atoms with Gasteiger partial charge in [-0.1, -0.05) is 0 Å². The molecule has 1 rings (SSSR count). The van der Waals surface area contributed by atoms with Gasteiger partial charge in [-0.2, -0.15) is 11.8 Å². The van der Waals surface area contributed by atoms with Crippen molar-refractivity contribution < 1.29 is 13.5 Å². The third kappa shape index (κ3) is 8.30. The quantitative estimate of drug-likeness (QED) is 0.302. The number of nitrogens with zero attached hydrogens (tertiary/aromatic N) is 1. The standard InChI is InChI=1S/C13H19F2N3OS.HI/c1-16-13(18-6-8-20-2)17-5-7-19-10-3-4-11(14)12(15)9-10;/h3-4,9H,5-8H2,1-2H3,(H2,16,17,18);1H. The van der Waals surface area contributed by atoms with Crippen molar-refractivity contribution in [2.45, 2.75) is 0 Å². The fourth-order valence-corrected chi connectivity index (χ4v) is 1.70. The van der Waals surface area contributed by atoms with Crippen molar-refractivity contribution >= 4 is 41.7 Å². The summed E-state index contributed by atoms with van der Waals surface area (Å²) in [7, 11) is 1.69. The van der Waals surface area contributed by atoms with Crippen LogP contribution in [0.25, 0.3) is 0 Å². The summed E-state index contributed by atoms with van der Waals surface area (Å²) in [5.74, 6) is 0.189. The van der Waals surface area contributed by atoms with Crippen molar-refractivity contribution in [3.63, 3.8) is 0 Å². The molecule has 0 bridgehead atoms. The zero-order valence-electron chi connectivity index (χ0n) is 12.0. The lowest BCUT2D eigenvalue weighted by Gasteiger charge is -2.12. The number of rotatable bonds is 7. The lowest BCUT2D eigenvalue weighted by atomic mass is 10.3. The molecule has 0 aliphatic heterocycles. The lowest BCUT2D eigenvalue weighted by Crippen LogP contribution is -2.40. The van der Waals surface area contributed by atoms with Gasteiger partial charge in [0, 0.05) is 25.4 Å². The molecule has 8 heteroatoms. The molecule has 0 aromatic heterocycles. The van der Waals surface area contributed by atoms with Crippen LogP contribution in [-0.2, 0) is 0 Å². The molecule has 2 N–H and O–H groups in total. The Hall–Kier alpha value is -0.770. The molecule has 0 saturated carbocycles. The Labute approximate surface area is 145 Å². The molecular formula is C13H20F2IN3OS. The fraction of sp³-hybridized carbons (Fsp3) is 0.462. The van der Waals surface area contributed by atoms with Crippen molar-refractivity contribution in [2.24, 2.45) is 4.99 Å². The first-order valence-electron chi connectivity index (χ1n) is 6.18. The average molecular weight is 431 g/mol. The first kappa shape index (κ1) is 20.2. The molecule has 4 nitrogen and oxygen atoms in total. The SMILES string of the molecule is CN=C(NCCOc1ccc(F)c(F)c1)NCCSC.I. The highest BCUT2D eigenvalue weighted by molar-refractivity contribution is 14.0. The molecule has 0 amide bonds. The van der Waals surface area contributed by atoms with Crippen molar-refractivity contribution in [2.75, 3.05) is 38.8 Å². The Kier molecular flexibility index (Phi) is 11.4. The zero-order valence-corrected chi connectivity index (χ0v) is 15.1. The molecule has 0 fully saturated rings. The largest absolute Gasteiger partial charge is 0.492 e. The van der Waals surface area contributed by atoms with E-state index in [-0.39, 0.29) is 24.0 Å². The van der Waals surface area contributed by atoms with E-state index < -0.39 is 11.6 Å². The second kappa shape index (κ2) is 11.8. The maximum absolute atomic E-state index is 12.9. The van der Waals surface area contributed by atoms with Crippen LogP contribution in [0.2, 0.25) is 0 Å². The summed E-state index contributed by atoms with van der Waals surface area (Å²) < 4.78 is 31.0. The van der Waals surface area contributed by atoms with Gasteiger partial charge in [0.1, 0.15) is 12.4 Å². The van der Waals surface area contributed by atoms with Crippen LogP contribution in [0.4, 0.5) is 8.78 Å². The van der Waals surface area contributed by atoms with Crippen molar-refractivity contribution in [3.05, 3.63) is 29.8 Å². The summed E-state index contributed by atoms with van der Waals surface area (Å²) in [5.41, 5.74) is 0. The van der Waals surface area contributed by atoms with E-state index in [0.717, 1.165) is 24.4 Å². The van der Waals surface area contributed by atoms with Crippen molar-refractivity contribution in [3.8, 4) is 5.75 Å². The predicted octanol–water partition coefficient (Wildman–Crippen LogP) is 2.49. The molecule has 120 valence electrons. The summed E-state index contributed by atoms with van der Waals surface area (Å²) >= 11 is 1.75. The maximum atomic E-state index is 12.9. The van der Waals surface area contributed by atoms with Gasteiger partial charge in [-0.25, -0.2) is 8.78 Å². The van der Waals surface area contributed by atoms with E-state index in [4.69, 9.17) is 4.74 Å². The number of halogens is 3. The first-order chi connectivity index (χ1) is 9.67. The summed E-state index contributed by atoms with van der Waals surface area (Å²) in [4.78, 5) is 4.05. The Morgan fingerprint density at radius 1 is 1.24 bits per heavy atom. The summed E-state index contributed by atoms with van der Waals surface area (Å²) in [6.07, 6.45) is 2.04. The van der Waals surface area contributed by atoms with E-state index in [1.807, 2.05) is 6.26 Å². The van der Waals surface area contributed by atoms with Gasteiger partial charge in [0.15, 0.2) is 17.6 Å². The highest BCUT2D eigenvalue weighted by Gasteiger charge is 2.03. The van der Waals surface area contributed by atoms with Gasteiger partial charge >= 0.3 is 0 Å². The Balaban J connectivity index is 0.00000400. The van der Waals surface area contributed by atoms with Gasteiger partial charge < -0.3 is 15.4 Å². The summed E-state index contributed by atoms with van der Waals surface area (Å²) in [6, 6.07) is 3.46. The number of thioether (sulfide) groups is 1. The fourth-order valence-electron chi connectivity index (χ4n) is 1.40. The number of hydrogen-bond acceptors (Lipinski definition) is 3. The number of benzene rings is 1. The van der Waals surface area contributed by atoms with E-state index in [2.05, 4.69) is 15.6 Å². The van der Waals surface area contributed by atoms with Crippen LogP contribution in [0.5, 0.6) is 5.75 Å². The Bertz CT molecular complexity index is 449. The number of ether oxygens (including phenoxy) is 1. The molecule has 0 unspecified atom stereocenters. The number of aliphatic imine (C=N–C) groups is 1. The third-order valence-electron chi connectivity index (χ3n) is 2.38. The summed E-state index contributed by atoms with van der Waals surface area (Å²) in [6.45, 7) is 1.66. The monoisotopic (exact) mass is 431 g/mol. The smallest absolute Gasteiger partial charge is 0.191 e. The Morgan fingerprint density at radius 2 is 1.95 bits per heavy atom. The molecular weight excluding hydrogens is 411 g/mol. The van der Waals surface area contributed by atoms with Gasteiger partial charge in [-0.3, -0.25) is 4.99 Å². The molecule has 1 aromatic rings. The lowest BCUT2D eigenvalue weighted by molar-refractivity contribution is 0.319. The normalized spacial score (nSPS) is 10.8. The van der Waals surface area contributed by atoms with E-state index in [1.54, 1.807) is 18.8 Å². The van der Waals surface area contributed by atoms with Crippen molar-refractivity contribution in [1.82, 2.24) is 10.6 Å². The molecule has 0 heterocycles. The van der Waals surface area contributed by atoms with E-state index in [0.29, 0.717) is 24.9 Å². The molecule has 1 aromatic carbocycles. The highest BCUT2D eigenvalue weighted by Crippen LogP contribution is 2.14. The molecule has 0 aliphatic carbocycles. The maximum Gasteiger partial charge on any atom is 0.191 e. The predicted molar refractivity (Wildman–Crippen MR) is 95.0 cm³/mol. The minimum Gasteiger partial charge on any atom is -0.492 e. The second-order valence-corrected chi connectivity index (χ2v) is 4.83. The van der Waals surface area contributed by atoms with Gasteiger partial charge in [-0.05, 0) is 18.4 Å². The average Bonchev–Trinajstić information content (AvgIpc) is 2.45. The van der Waals surface area contributed by atoms with Crippen LogP contribution in [-0.4, -0.2) is 44.7 Å². The van der Waals surface area contributed by atoms with Crippen LogP contribution >= 0.6 is 35.7 Å². The number of guanidine groups is 1. The highest BCUT2D eigenvalue weighted by atomic mass is 127. The third-order valence-corrected chi connectivity index (χ3v) is 2.99. The van der Waals surface area contributed by atoms with Crippen LogP contribution in [0, 0.1) is 11.6 Å². The van der Waals surface area contributed by atoms with Crippen LogP contribution < -0.4 is 15.4 Å². The molecule has 0 aliphatic rings. The Morgan fingerprint density at radius 3 is 2.57 bits per heavy atom. The molecule has 0 spiro atoms. The van der Waals surface area contributed by atoms with Gasteiger partial charge in [-0.15, -0.1) is 24.0 Å². The number of nitrogens with one attached hydrogen (secondary N) is 2. The van der Waals surface area contributed by atoms with Crippen LogP contribution in [0.1, 0.15) is 0 Å². The van der Waals surface area contributed by atoms with E-state index in [1.165, 1.54) is 6.07 Å². The van der Waals surface area contributed by atoms with E-state index in [9.17, 15) is 8.78 Å². The molecule has 0 radical (unpaired) electrons. The minimum absolute atomic E-state index is 0. The van der Waals surface area contributed by atoms with Gasteiger partial charge in [0.25, 0.3) is 0 Å². The molecule has 21 heavy (non-hydrogen) atoms. The van der Waals surface area contributed by atoms with Gasteiger partial charge in [0.2, 0.25) is 0 Å². The zero-order chi connectivity index (χ0) is 14.8. The minimum atomic E-state index is -0.912. The number of hydrogen-bond donors (Lipinski definition) is 2.